The summed E-state index contributed by atoms with van der Waals surface area (Å²) in [6.07, 6.45) is 7.70. The summed E-state index contributed by atoms with van der Waals surface area (Å²) in [5.74, 6) is 1.77. The standard InChI is InChI=1S/C26H21NO4/c1-2-14-31-24-11-8-19(9-12-24)18-27-26(30)23-16-20(10-13-25(28)29)15-22(17-23)21-6-4-3-5-7-21/h1,3-13,15-17H,14,18H2,(H,27,30)(H,28,29)/b13-10+. The van der Waals surface area contributed by atoms with E-state index in [0.717, 1.165) is 22.8 Å². The zero-order chi connectivity index (χ0) is 22.1. The van der Waals surface area contributed by atoms with Gasteiger partial charge in [0.1, 0.15) is 12.4 Å². The van der Waals surface area contributed by atoms with Gasteiger partial charge in [-0.15, -0.1) is 6.42 Å². The second-order valence-electron chi connectivity index (χ2n) is 6.70. The normalized spacial score (nSPS) is 10.4. The summed E-state index contributed by atoms with van der Waals surface area (Å²) < 4.78 is 5.34. The van der Waals surface area contributed by atoms with Crippen LogP contribution in [0.15, 0.2) is 78.9 Å². The molecule has 3 aromatic carbocycles. The molecule has 0 atom stereocenters. The van der Waals surface area contributed by atoms with Gasteiger partial charge in [0.2, 0.25) is 0 Å². The molecule has 0 fully saturated rings. The van der Waals surface area contributed by atoms with Crippen LogP contribution in [0.3, 0.4) is 0 Å². The highest BCUT2D eigenvalue weighted by Crippen LogP contribution is 2.23. The zero-order valence-corrected chi connectivity index (χ0v) is 16.7. The van der Waals surface area contributed by atoms with Gasteiger partial charge in [-0.2, -0.15) is 0 Å². The van der Waals surface area contributed by atoms with Crippen molar-refractivity contribution in [2.45, 2.75) is 6.54 Å². The van der Waals surface area contributed by atoms with Crippen molar-refractivity contribution >= 4 is 18.0 Å². The van der Waals surface area contributed by atoms with Crippen LogP contribution in [0, 0.1) is 12.3 Å². The first kappa shape index (κ1) is 21.4. The maximum absolute atomic E-state index is 12.8. The van der Waals surface area contributed by atoms with Crippen LogP contribution in [-0.4, -0.2) is 23.6 Å². The first-order valence-corrected chi connectivity index (χ1v) is 9.60. The third-order valence-corrected chi connectivity index (χ3v) is 4.44. The van der Waals surface area contributed by atoms with Gasteiger partial charge in [-0.25, -0.2) is 4.79 Å². The molecule has 154 valence electrons. The van der Waals surface area contributed by atoms with Gasteiger partial charge in [0, 0.05) is 18.2 Å². The van der Waals surface area contributed by atoms with Crippen LogP contribution in [0.25, 0.3) is 17.2 Å². The van der Waals surface area contributed by atoms with Gasteiger partial charge in [-0.1, -0.05) is 48.4 Å². The zero-order valence-electron chi connectivity index (χ0n) is 16.7. The summed E-state index contributed by atoms with van der Waals surface area (Å²) >= 11 is 0. The molecule has 5 heteroatoms. The molecule has 0 aromatic heterocycles. The number of hydrogen-bond donors (Lipinski definition) is 2. The third kappa shape index (κ3) is 6.34. The van der Waals surface area contributed by atoms with Crippen LogP contribution in [0.4, 0.5) is 0 Å². The lowest BCUT2D eigenvalue weighted by Gasteiger charge is -2.10. The van der Waals surface area contributed by atoms with Gasteiger partial charge in [-0.3, -0.25) is 4.79 Å². The Morgan fingerprint density at radius 1 is 1.00 bits per heavy atom. The Hall–Kier alpha value is -4.30. The van der Waals surface area contributed by atoms with E-state index >= 15 is 0 Å². The Balaban J connectivity index is 1.78. The molecule has 5 nitrogen and oxygen atoms in total. The third-order valence-electron chi connectivity index (χ3n) is 4.44. The lowest BCUT2D eigenvalue weighted by molar-refractivity contribution is -0.131. The molecule has 2 N–H and O–H groups in total. The highest BCUT2D eigenvalue weighted by Gasteiger charge is 2.10. The molecular weight excluding hydrogens is 390 g/mol. The number of hydrogen-bond acceptors (Lipinski definition) is 3. The Labute approximate surface area is 181 Å². The summed E-state index contributed by atoms with van der Waals surface area (Å²) in [5.41, 5.74) is 3.74. The summed E-state index contributed by atoms with van der Waals surface area (Å²) in [7, 11) is 0. The highest BCUT2D eigenvalue weighted by atomic mass is 16.5. The average Bonchev–Trinajstić information content (AvgIpc) is 2.81. The molecule has 0 bridgehead atoms. The molecule has 0 aliphatic heterocycles. The summed E-state index contributed by atoms with van der Waals surface area (Å²) in [6.45, 7) is 0.538. The van der Waals surface area contributed by atoms with E-state index < -0.39 is 5.97 Å². The molecule has 0 aliphatic carbocycles. The van der Waals surface area contributed by atoms with E-state index in [1.54, 1.807) is 24.3 Å². The number of nitrogens with one attached hydrogen (secondary N) is 1. The van der Waals surface area contributed by atoms with Crippen molar-refractivity contribution in [2.24, 2.45) is 0 Å². The van der Waals surface area contributed by atoms with E-state index in [0.29, 0.717) is 23.4 Å². The van der Waals surface area contributed by atoms with Crippen LogP contribution in [0.2, 0.25) is 0 Å². The summed E-state index contributed by atoms with van der Waals surface area (Å²) in [5, 5.41) is 11.8. The molecule has 0 saturated carbocycles. The minimum atomic E-state index is -1.05. The predicted octanol–water partition coefficient (Wildman–Crippen LogP) is 4.39. The fourth-order valence-corrected chi connectivity index (χ4v) is 2.96. The molecule has 0 heterocycles. The second kappa shape index (κ2) is 10.5. The monoisotopic (exact) mass is 411 g/mol. The maximum Gasteiger partial charge on any atom is 0.328 e. The second-order valence-corrected chi connectivity index (χ2v) is 6.70. The van der Waals surface area contributed by atoms with Crippen molar-refractivity contribution in [3.05, 3.63) is 95.6 Å². The molecule has 0 radical (unpaired) electrons. The van der Waals surface area contributed by atoms with Gasteiger partial charge in [0.25, 0.3) is 5.91 Å². The quantitative estimate of drug-likeness (QED) is 0.426. The van der Waals surface area contributed by atoms with Crippen LogP contribution in [0.5, 0.6) is 5.75 Å². The Morgan fingerprint density at radius 3 is 2.42 bits per heavy atom. The first-order valence-electron chi connectivity index (χ1n) is 9.60. The highest BCUT2D eigenvalue weighted by molar-refractivity contribution is 5.96. The van der Waals surface area contributed by atoms with Gasteiger partial charge in [-0.05, 0) is 58.7 Å². The fourth-order valence-electron chi connectivity index (χ4n) is 2.96. The van der Waals surface area contributed by atoms with Gasteiger partial charge >= 0.3 is 5.97 Å². The number of carboxylic acids is 1. The number of aliphatic carboxylic acids is 1. The molecular formula is C26H21NO4. The number of carbonyl (C=O) groups is 2. The fraction of sp³-hybridized carbons (Fsp3) is 0.0769. The number of ether oxygens (including phenoxy) is 1. The molecule has 31 heavy (non-hydrogen) atoms. The Kier molecular flexibility index (Phi) is 7.23. The summed E-state index contributed by atoms with van der Waals surface area (Å²) in [4.78, 5) is 23.7. The van der Waals surface area contributed by atoms with Gasteiger partial charge in [0.05, 0.1) is 0 Å². The lowest BCUT2D eigenvalue weighted by atomic mass is 9.99. The first-order chi connectivity index (χ1) is 15.0. The van der Waals surface area contributed by atoms with Crippen molar-refractivity contribution in [3.8, 4) is 29.2 Å². The molecule has 0 spiro atoms. The maximum atomic E-state index is 12.8. The van der Waals surface area contributed by atoms with Crippen molar-refractivity contribution in [2.75, 3.05) is 6.61 Å². The largest absolute Gasteiger partial charge is 0.481 e. The average molecular weight is 411 g/mol. The molecule has 0 aliphatic rings. The SMILES string of the molecule is C#CCOc1ccc(CNC(=O)c2cc(/C=C/C(=O)O)cc(-c3ccccc3)c2)cc1. The smallest absolute Gasteiger partial charge is 0.328 e. The number of benzene rings is 3. The van der Waals surface area contributed by atoms with Crippen molar-refractivity contribution in [3.63, 3.8) is 0 Å². The Bertz CT molecular complexity index is 1130. The number of amides is 1. The van der Waals surface area contributed by atoms with E-state index in [1.807, 2.05) is 48.5 Å². The number of terminal acetylenes is 1. The minimum absolute atomic E-state index is 0.201. The van der Waals surface area contributed by atoms with Crippen LogP contribution < -0.4 is 10.1 Å². The van der Waals surface area contributed by atoms with Crippen LogP contribution in [-0.2, 0) is 11.3 Å². The van der Waals surface area contributed by atoms with E-state index in [1.165, 1.54) is 6.08 Å². The van der Waals surface area contributed by atoms with Crippen LogP contribution in [0.1, 0.15) is 21.5 Å². The number of rotatable bonds is 8. The molecule has 0 unspecified atom stereocenters. The molecule has 1 amide bonds. The van der Waals surface area contributed by atoms with Gasteiger partial charge in [0.15, 0.2) is 0 Å². The number of carboxylic acid groups (broad SMARTS) is 1. The van der Waals surface area contributed by atoms with E-state index in [-0.39, 0.29) is 12.5 Å². The van der Waals surface area contributed by atoms with Gasteiger partial charge < -0.3 is 15.2 Å². The van der Waals surface area contributed by atoms with Crippen LogP contribution >= 0.6 is 0 Å². The minimum Gasteiger partial charge on any atom is -0.481 e. The van der Waals surface area contributed by atoms with Crippen molar-refractivity contribution in [1.82, 2.24) is 5.32 Å². The Morgan fingerprint density at radius 2 is 1.74 bits per heavy atom. The molecule has 0 saturated heterocycles. The van der Waals surface area contributed by atoms with Crippen molar-refractivity contribution < 1.29 is 19.4 Å². The van der Waals surface area contributed by atoms with Crippen molar-refractivity contribution in [1.29, 1.82) is 0 Å². The van der Waals surface area contributed by atoms with E-state index in [9.17, 15) is 9.59 Å². The lowest BCUT2D eigenvalue weighted by Crippen LogP contribution is -2.22. The summed E-state index contributed by atoms with van der Waals surface area (Å²) in [6, 6.07) is 22.2. The van der Waals surface area contributed by atoms with E-state index in [2.05, 4.69) is 11.2 Å². The predicted molar refractivity (Wildman–Crippen MR) is 120 cm³/mol. The molecule has 3 rings (SSSR count). The topological polar surface area (TPSA) is 75.6 Å². The molecule has 3 aromatic rings. The number of carbonyl (C=O) groups excluding carboxylic acids is 1. The van der Waals surface area contributed by atoms with E-state index in [4.69, 9.17) is 16.3 Å².